The molecule has 0 aliphatic carbocycles. The first kappa shape index (κ1) is 14.2. The highest BCUT2D eigenvalue weighted by molar-refractivity contribution is 7.12. The second-order valence-corrected chi connectivity index (χ2v) is 5.19. The van der Waals surface area contributed by atoms with Crippen molar-refractivity contribution in [2.24, 2.45) is 0 Å². The Balaban J connectivity index is 2.91. The molecule has 3 nitrogen and oxygen atoms in total. The number of carboxylic acids is 1. The summed E-state index contributed by atoms with van der Waals surface area (Å²) in [5.74, 6) is -0.728. The number of nitrogens with zero attached hydrogens (tertiary/aromatic N) is 1. The molecule has 0 aromatic carbocycles. The van der Waals surface area contributed by atoms with Gasteiger partial charge >= 0.3 is 5.97 Å². The molecule has 0 saturated heterocycles. The van der Waals surface area contributed by atoms with Crippen LogP contribution in [-0.4, -0.2) is 29.1 Å². The van der Waals surface area contributed by atoms with Crippen molar-refractivity contribution in [3.05, 3.63) is 21.9 Å². The minimum atomic E-state index is -0.728. The quantitative estimate of drug-likeness (QED) is 0.813. The van der Waals surface area contributed by atoms with Gasteiger partial charge in [0.2, 0.25) is 0 Å². The van der Waals surface area contributed by atoms with Gasteiger partial charge in [-0.25, -0.2) is 0 Å². The molecule has 0 amide bonds. The zero-order valence-electron chi connectivity index (χ0n) is 10.8. The monoisotopic (exact) mass is 255 g/mol. The Morgan fingerprint density at radius 3 is 2.41 bits per heavy atom. The zero-order valence-corrected chi connectivity index (χ0v) is 11.6. The van der Waals surface area contributed by atoms with E-state index < -0.39 is 5.97 Å². The second kappa shape index (κ2) is 6.77. The molecule has 0 bridgehead atoms. The van der Waals surface area contributed by atoms with Gasteiger partial charge in [0, 0.05) is 9.75 Å². The topological polar surface area (TPSA) is 40.5 Å². The number of hydrogen-bond donors (Lipinski definition) is 1. The Morgan fingerprint density at radius 2 is 2.00 bits per heavy atom. The summed E-state index contributed by atoms with van der Waals surface area (Å²) in [5, 5.41) is 9.03. The molecule has 17 heavy (non-hydrogen) atoms. The number of thiophene rings is 1. The lowest BCUT2D eigenvalue weighted by molar-refractivity contribution is -0.138. The molecule has 1 heterocycles. The summed E-state index contributed by atoms with van der Waals surface area (Å²) in [5.41, 5.74) is 0. The lowest BCUT2D eigenvalue weighted by Gasteiger charge is -2.27. The van der Waals surface area contributed by atoms with Gasteiger partial charge < -0.3 is 5.11 Å². The van der Waals surface area contributed by atoms with Gasteiger partial charge in [-0.15, -0.1) is 11.3 Å². The van der Waals surface area contributed by atoms with Crippen molar-refractivity contribution in [3.8, 4) is 0 Å². The Bertz CT molecular complexity index is 358. The van der Waals surface area contributed by atoms with Crippen molar-refractivity contribution in [2.75, 3.05) is 13.1 Å². The van der Waals surface area contributed by atoms with Crippen molar-refractivity contribution in [1.29, 1.82) is 0 Å². The summed E-state index contributed by atoms with van der Waals surface area (Å²) in [6.45, 7) is 8.04. The van der Waals surface area contributed by atoms with Gasteiger partial charge in [0.1, 0.15) is 0 Å². The standard InChI is InChI=1S/C13H21NO2S/c1-4-10-7-8-12(17-10)11(9-13(15)16)14(5-2)6-3/h7-8,11H,4-6,9H2,1-3H3,(H,15,16). The Hall–Kier alpha value is -0.870. The molecule has 96 valence electrons. The van der Waals surface area contributed by atoms with Gasteiger partial charge in [-0.2, -0.15) is 0 Å². The van der Waals surface area contributed by atoms with Gasteiger partial charge in [0.05, 0.1) is 12.5 Å². The van der Waals surface area contributed by atoms with Gasteiger partial charge in [0.15, 0.2) is 0 Å². The van der Waals surface area contributed by atoms with E-state index in [0.29, 0.717) is 0 Å². The highest BCUT2D eigenvalue weighted by Gasteiger charge is 2.22. The van der Waals surface area contributed by atoms with Crippen LogP contribution in [0.25, 0.3) is 0 Å². The Kier molecular flexibility index (Phi) is 5.65. The zero-order chi connectivity index (χ0) is 12.8. The molecule has 4 heteroatoms. The molecular formula is C13H21NO2S. The number of aliphatic carboxylic acids is 1. The largest absolute Gasteiger partial charge is 0.481 e. The first-order valence-electron chi connectivity index (χ1n) is 6.16. The summed E-state index contributed by atoms with van der Waals surface area (Å²) >= 11 is 1.74. The molecule has 1 unspecified atom stereocenters. The van der Waals surface area contributed by atoms with Gasteiger partial charge in [-0.05, 0) is 31.6 Å². The minimum Gasteiger partial charge on any atom is -0.481 e. The Morgan fingerprint density at radius 1 is 1.35 bits per heavy atom. The maximum absolute atomic E-state index is 11.0. The lowest BCUT2D eigenvalue weighted by Crippen LogP contribution is -2.29. The molecular weight excluding hydrogens is 234 g/mol. The first-order chi connectivity index (χ1) is 8.12. The first-order valence-corrected chi connectivity index (χ1v) is 6.98. The number of hydrogen-bond acceptors (Lipinski definition) is 3. The molecule has 1 aromatic rings. The van der Waals surface area contributed by atoms with E-state index in [1.165, 1.54) is 9.75 Å². The predicted octanol–water partition coefficient (Wildman–Crippen LogP) is 3.17. The fourth-order valence-corrected chi connectivity index (χ4v) is 3.09. The van der Waals surface area contributed by atoms with Gasteiger partial charge in [-0.3, -0.25) is 9.69 Å². The molecule has 1 rings (SSSR count). The van der Waals surface area contributed by atoms with Crippen LogP contribution >= 0.6 is 11.3 Å². The second-order valence-electron chi connectivity index (χ2n) is 3.99. The van der Waals surface area contributed by atoms with Crippen molar-refractivity contribution in [2.45, 2.75) is 39.7 Å². The van der Waals surface area contributed by atoms with Crippen LogP contribution in [0, 0.1) is 0 Å². The van der Waals surface area contributed by atoms with E-state index in [2.05, 4.69) is 37.8 Å². The number of carbonyl (C=O) groups is 1. The van der Waals surface area contributed by atoms with Gasteiger partial charge in [-0.1, -0.05) is 20.8 Å². The van der Waals surface area contributed by atoms with E-state index >= 15 is 0 Å². The maximum Gasteiger partial charge on any atom is 0.305 e. The number of rotatable bonds is 7. The van der Waals surface area contributed by atoms with Crippen LogP contribution in [-0.2, 0) is 11.2 Å². The van der Waals surface area contributed by atoms with E-state index in [1.54, 1.807) is 11.3 Å². The molecule has 0 radical (unpaired) electrons. The maximum atomic E-state index is 11.0. The molecule has 1 atom stereocenters. The molecule has 1 aromatic heterocycles. The third-order valence-electron chi connectivity index (χ3n) is 2.98. The molecule has 0 fully saturated rings. The third kappa shape index (κ3) is 3.82. The molecule has 1 N–H and O–H groups in total. The van der Waals surface area contributed by atoms with Crippen LogP contribution in [0.1, 0.15) is 43.0 Å². The van der Waals surface area contributed by atoms with Crippen LogP contribution in [0.15, 0.2) is 12.1 Å². The van der Waals surface area contributed by atoms with Crippen molar-refractivity contribution in [3.63, 3.8) is 0 Å². The fourth-order valence-electron chi connectivity index (χ4n) is 2.00. The number of carboxylic acid groups (broad SMARTS) is 1. The summed E-state index contributed by atoms with van der Waals surface area (Å²) in [6.07, 6.45) is 1.20. The highest BCUT2D eigenvalue weighted by atomic mass is 32.1. The average molecular weight is 255 g/mol. The number of aryl methyl sites for hydroxylation is 1. The van der Waals surface area contributed by atoms with E-state index in [1.807, 2.05) is 0 Å². The van der Waals surface area contributed by atoms with Gasteiger partial charge in [0.25, 0.3) is 0 Å². The third-order valence-corrected chi connectivity index (χ3v) is 4.31. The molecule has 0 spiro atoms. The lowest BCUT2D eigenvalue weighted by atomic mass is 10.1. The van der Waals surface area contributed by atoms with Crippen LogP contribution in [0.5, 0.6) is 0 Å². The fraction of sp³-hybridized carbons (Fsp3) is 0.615. The van der Waals surface area contributed by atoms with Crippen LogP contribution in [0.3, 0.4) is 0 Å². The van der Waals surface area contributed by atoms with Crippen molar-refractivity contribution in [1.82, 2.24) is 4.90 Å². The predicted molar refractivity (Wildman–Crippen MR) is 71.6 cm³/mol. The smallest absolute Gasteiger partial charge is 0.305 e. The molecule has 0 aliphatic rings. The van der Waals surface area contributed by atoms with E-state index in [0.717, 1.165) is 19.5 Å². The normalized spacial score (nSPS) is 12.9. The van der Waals surface area contributed by atoms with Crippen LogP contribution in [0.2, 0.25) is 0 Å². The van der Waals surface area contributed by atoms with Crippen molar-refractivity contribution >= 4 is 17.3 Å². The van der Waals surface area contributed by atoms with Crippen molar-refractivity contribution < 1.29 is 9.90 Å². The van der Waals surface area contributed by atoms with Crippen LogP contribution < -0.4 is 0 Å². The average Bonchev–Trinajstić information content (AvgIpc) is 2.77. The SMILES string of the molecule is CCc1ccc(C(CC(=O)O)N(CC)CC)s1. The van der Waals surface area contributed by atoms with E-state index in [9.17, 15) is 4.79 Å². The highest BCUT2D eigenvalue weighted by Crippen LogP contribution is 2.30. The summed E-state index contributed by atoms with van der Waals surface area (Å²) < 4.78 is 0. The molecule has 0 saturated carbocycles. The molecule has 0 aliphatic heterocycles. The van der Waals surface area contributed by atoms with E-state index in [4.69, 9.17) is 5.11 Å². The minimum absolute atomic E-state index is 0.0211. The van der Waals surface area contributed by atoms with Crippen LogP contribution in [0.4, 0.5) is 0 Å². The van der Waals surface area contributed by atoms with E-state index in [-0.39, 0.29) is 12.5 Å². The summed E-state index contributed by atoms with van der Waals surface area (Å²) in [6, 6.07) is 4.21. The Labute approximate surface area is 107 Å². The summed E-state index contributed by atoms with van der Waals surface area (Å²) in [4.78, 5) is 15.7. The summed E-state index contributed by atoms with van der Waals surface area (Å²) in [7, 11) is 0.